The minimum atomic E-state index is -1.02. The maximum Gasteiger partial charge on any atom is 0.343 e. The summed E-state index contributed by atoms with van der Waals surface area (Å²) < 4.78 is 30.9. The smallest absolute Gasteiger partial charge is 0.343 e. The quantitative estimate of drug-likeness (QED) is 0.705. The van der Waals surface area contributed by atoms with Gasteiger partial charge in [0.2, 0.25) is 0 Å². The third kappa shape index (κ3) is 2.23. The molecule has 0 aliphatic carbocycles. The Morgan fingerprint density at radius 1 is 1.27 bits per heavy atom. The van der Waals surface area contributed by atoms with E-state index in [1.54, 1.807) is 14.1 Å². The van der Waals surface area contributed by atoms with E-state index >= 15 is 0 Å². The highest BCUT2D eigenvalue weighted by Crippen LogP contribution is 2.21. The van der Waals surface area contributed by atoms with Gasteiger partial charge in [-0.2, -0.15) is 0 Å². The molecule has 0 atom stereocenters. The van der Waals surface area contributed by atoms with Crippen molar-refractivity contribution in [2.24, 2.45) is 0 Å². The molecule has 0 unspecified atom stereocenters. The molecule has 15 heavy (non-hydrogen) atoms. The number of anilines is 1. The summed E-state index contributed by atoms with van der Waals surface area (Å²) in [7, 11) is 4.36. The summed E-state index contributed by atoms with van der Waals surface area (Å²) in [5.74, 6) is -2.87. The number of carbonyl (C=O) groups is 1. The van der Waals surface area contributed by atoms with E-state index in [1.165, 1.54) is 4.90 Å². The lowest BCUT2D eigenvalue weighted by atomic mass is 10.1. The number of carbonyl (C=O) groups excluding carboxylic acids is 1. The van der Waals surface area contributed by atoms with Gasteiger partial charge in [-0.25, -0.2) is 13.6 Å². The van der Waals surface area contributed by atoms with Gasteiger partial charge >= 0.3 is 5.97 Å². The molecule has 0 spiro atoms. The number of halogens is 2. The maximum absolute atomic E-state index is 13.3. The Hall–Kier alpha value is -1.65. The first-order chi connectivity index (χ1) is 6.97. The molecule has 0 amide bonds. The van der Waals surface area contributed by atoms with Gasteiger partial charge < -0.3 is 9.64 Å². The van der Waals surface area contributed by atoms with E-state index < -0.39 is 23.2 Å². The normalized spacial score (nSPS) is 9.93. The van der Waals surface area contributed by atoms with Crippen LogP contribution in [-0.2, 0) is 4.74 Å². The van der Waals surface area contributed by atoms with E-state index in [2.05, 4.69) is 4.74 Å². The van der Waals surface area contributed by atoms with Gasteiger partial charge in [-0.1, -0.05) is 0 Å². The van der Waals surface area contributed by atoms with Crippen LogP contribution in [0.4, 0.5) is 14.5 Å². The fourth-order valence-corrected chi connectivity index (χ4v) is 1.12. The van der Waals surface area contributed by atoms with Crippen LogP contribution in [0.3, 0.4) is 0 Å². The summed E-state index contributed by atoms with van der Waals surface area (Å²) in [5.41, 5.74) is -0.319. The van der Waals surface area contributed by atoms with Crippen molar-refractivity contribution in [3.05, 3.63) is 29.3 Å². The maximum atomic E-state index is 13.3. The minimum Gasteiger partial charge on any atom is -0.465 e. The van der Waals surface area contributed by atoms with Crippen molar-refractivity contribution in [2.45, 2.75) is 0 Å². The molecule has 0 radical (unpaired) electrons. The van der Waals surface area contributed by atoms with E-state index in [1.807, 2.05) is 0 Å². The molecule has 1 rings (SSSR count). The summed E-state index contributed by atoms with van der Waals surface area (Å²) in [5, 5.41) is 0. The van der Waals surface area contributed by atoms with Crippen LogP contribution in [0.1, 0.15) is 10.4 Å². The average Bonchev–Trinajstić information content (AvgIpc) is 2.16. The lowest BCUT2D eigenvalue weighted by molar-refractivity contribution is 0.0590. The van der Waals surface area contributed by atoms with Crippen LogP contribution in [-0.4, -0.2) is 27.2 Å². The Morgan fingerprint density at radius 2 is 1.73 bits per heavy atom. The second kappa shape index (κ2) is 4.25. The second-order valence-electron chi connectivity index (χ2n) is 3.17. The first kappa shape index (κ1) is 11.4. The molecular formula is C10H11F2NO2. The highest BCUT2D eigenvalue weighted by atomic mass is 19.1. The van der Waals surface area contributed by atoms with Gasteiger partial charge in [0.05, 0.1) is 7.11 Å². The fourth-order valence-electron chi connectivity index (χ4n) is 1.12. The predicted molar refractivity (Wildman–Crippen MR) is 52.0 cm³/mol. The molecule has 3 nitrogen and oxygen atoms in total. The number of nitrogens with zero attached hydrogens (tertiary/aromatic N) is 1. The molecule has 1 aromatic carbocycles. The van der Waals surface area contributed by atoms with Crippen LogP contribution >= 0.6 is 0 Å². The number of ether oxygens (including phenoxy) is 1. The molecule has 0 saturated carbocycles. The van der Waals surface area contributed by atoms with E-state index in [-0.39, 0.29) is 0 Å². The second-order valence-corrected chi connectivity index (χ2v) is 3.17. The first-order valence-electron chi connectivity index (χ1n) is 4.22. The van der Waals surface area contributed by atoms with Gasteiger partial charge in [0, 0.05) is 19.8 Å². The molecule has 0 aliphatic rings. The molecule has 5 heteroatoms. The summed E-state index contributed by atoms with van der Waals surface area (Å²) in [6.07, 6.45) is 0. The lowest BCUT2D eigenvalue weighted by Gasteiger charge is -2.13. The zero-order valence-corrected chi connectivity index (χ0v) is 8.67. The molecule has 82 valence electrons. The van der Waals surface area contributed by atoms with E-state index in [0.29, 0.717) is 5.69 Å². The van der Waals surface area contributed by atoms with Crippen molar-refractivity contribution in [3.63, 3.8) is 0 Å². The zero-order chi connectivity index (χ0) is 11.6. The van der Waals surface area contributed by atoms with Gasteiger partial charge in [0.15, 0.2) is 0 Å². The topological polar surface area (TPSA) is 29.5 Å². The van der Waals surface area contributed by atoms with Crippen molar-refractivity contribution < 1.29 is 18.3 Å². The van der Waals surface area contributed by atoms with Crippen LogP contribution in [0.5, 0.6) is 0 Å². The van der Waals surface area contributed by atoms with Crippen molar-refractivity contribution in [2.75, 3.05) is 26.1 Å². The highest BCUT2D eigenvalue weighted by Gasteiger charge is 2.19. The largest absolute Gasteiger partial charge is 0.465 e. The Balaban J connectivity index is 3.27. The number of methoxy groups -OCH3 is 1. The van der Waals surface area contributed by atoms with E-state index in [4.69, 9.17) is 0 Å². The molecule has 0 N–H and O–H groups in total. The van der Waals surface area contributed by atoms with Gasteiger partial charge in [-0.05, 0) is 12.1 Å². The third-order valence-electron chi connectivity index (χ3n) is 1.93. The third-order valence-corrected chi connectivity index (χ3v) is 1.93. The summed E-state index contributed by atoms with van der Waals surface area (Å²) in [4.78, 5) is 12.6. The number of hydrogen-bond acceptors (Lipinski definition) is 3. The van der Waals surface area contributed by atoms with E-state index in [9.17, 15) is 13.6 Å². The molecule has 0 aliphatic heterocycles. The van der Waals surface area contributed by atoms with Gasteiger partial charge in [0.1, 0.15) is 17.2 Å². The van der Waals surface area contributed by atoms with E-state index in [0.717, 1.165) is 19.2 Å². The fraction of sp³-hybridized carbons (Fsp3) is 0.300. The predicted octanol–water partition coefficient (Wildman–Crippen LogP) is 1.82. The van der Waals surface area contributed by atoms with Crippen LogP contribution in [0, 0.1) is 11.6 Å². The van der Waals surface area contributed by atoms with Crippen LogP contribution in [0.25, 0.3) is 0 Å². The van der Waals surface area contributed by atoms with Gasteiger partial charge in [-0.3, -0.25) is 0 Å². The monoisotopic (exact) mass is 215 g/mol. The standard InChI is InChI=1S/C10H11F2NO2/c1-13(2)6-4-7(11)9(8(12)5-6)10(14)15-3/h4-5H,1-3H3. The van der Waals surface area contributed by atoms with Crippen molar-refractivity contribution in [3.8, 4) is 0 Å². The van der Waals surface area contributed by atoms with Crippen LogP contribution in [0.15, 0.2) is 12.1 Å². The molecule has 0 fully saturated rings. The summed E-state index contributed by atoms with van der Waals surface area (Å²) >= 11 is 0. The summed E-state index contributed by atoms with van der Waals surface area (Å²) in [6, 6.07) is 2.16. The number of esters is 1. The number of benzene rings is 1. The SMILES string of the molecule is COC(=O)c1c(F)cc(N(C)C)cc1F. The number of rotatable bonds is 2. The number of hydrogen-bond donors (Lipinski definition) is 0. The molecule has 0 heterocycles. The van der Waals surface area contributed by atoms with Crippen LogP contribution < -0.4 is 4.90 Å². The van der Waals surface area contributed by atoms with Crippen LogP contribution in [0.2, 0.25) is 0 Å². The minimum absolute atomic E-state index is 0.345. The molecule has 1 aromatic rings. The molecule has 0 aromatic heterocycles. The molecule has 0 bridgehead atoms. The Bertz CT molecular complexity index is 368. The van der Waals surface area contributed by atoms with Gasteiger partial charge in [0.25, 0.3) is 0 Å². The molecular weight excluding hydrogens is 204 g/mol. The average molecular weight is 215 g/mol. The van der Waals surface area contributed by atoms with Crippen molar-refractivity contribution >= 4 is 11.7 Å². The Kier molecular flexibility index (Phi) is 3.24. The summed E-state index contributed by atoms with van der Waals surface area (Å²) in [6.45, 7) is 0. The molecule has 0 saturated heterocycles. The van der Waals surface area contributed by atoms with Crippen molar-refractivity contribution in [1.29, 1.82) is 0 Å². The van der Waals surface area contributed by atoms with Crippen molar-refractivity contribution in [1.82, 2.24) is 0 Å². The Labute approximate surface area is 86.3 Å². The zero-order valence-electron chi connectivity index (χ0n) is 8.67. The van der Waals surface area contributed by atoms with Gasteiger partial charge in [-0.15, -0.1) is 0 Å². The first-order valence-corrected chi connectivity index (χ1v) is 4.22. The highest BCUT2D eigenvalue weighted by molar-refractivity contribution is 5.90. The Morgan fingerprint density at radius 3 is 2.07 bits per heavy atom. The lowest BCUT2D eigenvalue weighted by Crippen LogP contribution is -2.13.